The molecule has 2 heterocycles. The quantitative estimate of drug-likeness (QED) is 0.702. The molecule has 0 aliphatic rings. The Balaban J connectivity index is 2.10. The molecule has 0 aliphatic carbocycles. The Kier molecular flexibility index (Phi) is 2.72. The van der Waals surface area contributed by atoms with E-state index in [9.17, 15) is 0 Å². The first-order valence-corrected chi connectivity index (χ1v) is 6.01. The second-order valence-electron chi connectivity index (χ2n) is 4.12. The molecule has 96 valence electrons. The smallest absolute Gasteiger partial charge is 0.254 e. The first-order valence-electron chi connectivity index (χ1n) is 5.63. The summed E-state index contributed by atoms with van der Waals surface area (Å²) in [5, 5.41) is 7.89. The summed E-state index contributed by atoms with van der Waals surface area (Å²) >= 11 is 6.13. The number of halogens is 1. The predicted octanol–water partition coefficient (Wildman–Crippen LogP) is 2.41. The molecule has 0 aliphatic heterocycles. The number of nitrogen functional groups attached to an aromatic ring is 1. The molecule has 0 spiro atoms. The van der Waals surface area contributed by atoms with Gasteiger partial charge in [-0.25, -0.2) is 4.98 Å². The summed E-state index contributed by atoms with van der Waals surface area (Å²) in [6, 6.07) is 7.12. The van der Waals surface area contributed by atoms with Gasteiger partial charge in [-0.15, -0.1) is 0 Å². The third kappa shape index (κ3) is 2.17. The largest absolute Gasteiger partial charge is 0.399 e. The molecule has 0 unspecified atom stereocenters. The number of anilines is 3. The van der Waals surface area contributed by atoms with Crippen molar-refractivity contribution in [2.24, 2.45) is 0 Å². The van der Waals surface area contributed by atoms with Gasteiger partial charge in [0.2, 0.25) is 0 Å². The van der Waals surface area contributed by atoms with Gasteiger partial charge in [0.05, 0.1) is 10.7 Å². The molecule has 3 N–H and O–H groups in total. The maximum atomic E-state index is 6.13. The van der Waals surface area contributed by atoms with Crippen molar-refractivity contribution in [3.63, 3.8) is 0 Å². The average Bonchev–Trinajstić information content (AvgIpc) is 2.82. The normalized spacial score (nSPS) is 10.8. The van der Waals surface area contributed by atoms with E-state index in [1.807, 2.05) is 13.0 Å². The number of fused-ring (bicyclic) bond motifs is 1. The van der Waals surface area contributed by atoms with E-state index in [0.29, 0.717) is 22.2 Å². The maximum Gasteiger partial charge on any atom is 0.254 e. The van der Waals surface area contributed by atoms with Crippen LogP contribution >= 0.6 is 11.6 Å². The van der Waals surface area contributed by atoms with Crippen LogP contribution in [-0.2, 0) is 0 Å². The summed E-state index contributed by atoms with van der Waals surface area (Å²) < 4.78 is 1.60. The monoisotopic (exact) mass is 274 g/mol. The molecule has 19 heavy (non-hydrogen) atoms. The van der Waals surface area contributed by atoms with Crippen molar-refractivity contribution in [2.75, 3.05) is 11.1 Å². The van der Waals surface area contributed by atoms with Gasteiger partial charge in [0.1, 0.15) is 12.1 Å². The number of nitrogens with one attached hydrogen (secondary N) is 1. The van der Waals surface area contributed by atoms with Crippen molar-refractivity contribution in [2.45, 2.75) is 6.92 Å². The second kappa shape index (κ2) is 4.40. The fourth-order valence-corrected chi connectivity index (χ4v) is 1.96. The van der Waals surface area contributed by atoms with Gasteiger partial charge < -0.3 is 11.1 Å². The highest BCUT2D eigenvalue weighted by Gasteiger charge is 2.08. The van der Waals surface area contributed by atoms with Crippen molar-refractivity contribution in [1.29, 1.82) is 0 Å². The molecule has 0 bridgehead atoms. The Morgan fingerprint density at radius 2 is 2.16 bits per heavy atom. The van der Waals surface area contributed by atoms with Crippen molar-refractivity contribution in [3.05, 3.63) is 41.3 Å². The number of aryl methyl sites for hydroxylation is 1. The fraction of sp³-hybridized carbons (Fsp3) is 0.0833. The van der Waals surface area contributed by atoms with Gasteiger partial charge in [-0.1, -0.05) is 11.6 Å². The van der Waals surface area contributed by atoms with E-state index >= 15 is 0 Å². The first-order chi connectivity index (χ1) is 9.13. The van der Waals surface area contributed by atoms with Crippen molar-refractivity contribution >= 4 is 34.6 Å². The zero-order chi connectivity index (χ0) is 13.4. The van der Waals surface area contributed by atoms with Gasteiger partial charge in [0, 0.05) is 17.4 Å². The zero-order valence-corrected chi connectivity index (χ0v) is 10.9. The van der Waals surface area contributed by atoms with Crippen LogP contribution in [0.4, 0.5) is 17.2 Å². The lowest BCUT2D eigenvalue weighted by Gasteiger charge is -2.10. The molecule has 2 aromatic heterocycles. The SMILES string of the molecule is Cc1cc(Nc2cc(N)ccc2Cl)n2ncnc2n1. The lowest BCUT2D eigenvalue weighted by atomic mass is 10.3. The molecule has 0 radical (unpaired) electrons. The number of nitrogens with two attached hydrogens (primary N) is 1. The van der Waals surface area contributed by atoms with E-state index in [0.717, 1.165) is 11.5 Å². The summed E-state index contributed by atoms with van der Waals surface area (Å²) in [5.74, 6) is 1.26. The molecule has 3 rings (SSSR count). The van der Waals surface area contributed by atoms with Gasteiger partial charge in [-0.2, -0.15) is 14.6 Å². The van der Waals surface area contributed by atoms with Crippen LogP contribution in [0.15, 0.2) is 30.6 Å². The highest BCUT2D eigenvalue weighted by atomic mass is 35.5. The molecule has 7 heteroatoms. The van der Waals surface area contributed by atoms with Crippen LogP contribution in [-0.4, -0.2) is 19.6 Å². The number of nitrogens with zero attached hydrogens (tertiary/aromatic N) is 4. The molecule has 0 atom stereocenters. The molecule has 1 aromatic carbocycles. The minimum Gasteiger partial charge on any atom is -0.399 e. The van der Waals surface area contributed by atoms with E-state index in [1.165, 1.54) is 6.33 Å². The number of aromatic nitrogens is 4. The minimum atomic E-state index is 0.530. The van der Waals surface area contributed by atoms with Gasteiger partial charge in [0.15, 0.2) is 0 Å². The molecule has 0 saturated heterocycles. The summed E-state index contributed by atoms with van der Waals surface area (Å²) in [6.07, 6.45) is 1.45. The summed E-state index contributed by atoms with van der Waals surface area (Å²) in [7, 11) is 0. The average molecular weight is 275 g/mol. The lowest BCUT2D eigenvalue weighted by Crippen LogP contribution is -2.03. The maximum absolute atomic E-state index is 6.13. The molecule has 6 nitrogen and oxygen atoms in total. The van der Waals surface area contributed by atoms with Gasteiger partial charge in [-0.05, 0) is 25.1 Å². The van der Waals surface area contributed by atoms with Crippen LogP contribution in [0, 0.1) is 6.92 Å². The van der Waals surface area contributed by atoms with Crippen LogP contribution in [0.1, 0.15) is 5.69 Å². The lowest BCUT2D eigenvalue weighted by molar-refractivity contribution is 0.937. The number of benzene rings is 1. The van der Waals surface area contributed by atoms with E-state index < -0.39 is 0 Å². The second-order valence-corrected chi connectivity index (χ2v) is 4.53. The Bertz CT molecular complexity index is 751. The Morgan fingerprint density at radius 1 is 1.32 bits per heavy atom. The molecule has 0 amide bonds. The van der Waals surface area contributed by atoms with E-state index in [-0.39, 0.29) is 0 Å². The third-order valence-corrected chi connectivity index (χ3v) is 2.96. The van der Waals surface area contributed by atoms with Crippen LogP contribution in [0.25, 0.3) is 5.78 Å². The molecule has 0 saturated carbocycles. The minimum absolute atomic E-state index is 0.530. The van der Waals surface area contributed by atoms with Crippen LogP contribution in [0.3, 0.4) is 0 Å². The fourth-order valence-electron chi connectivity index (χ4n) is 1.80. The topological polar surface area (TPSA) is 81.1 Å². The molecular weight excluding hydrogens is 264 g/mol. The first kappa shape index (κ1) is 11.7. The third-order valence-electron chi connectivity index (χ3n) is 2.63. The van der Waals surface area contributed by atoms with Gasteiger partial charge in [0.25, 0.3) is 5.78 Å². The van der Waals surface area contributed by atoms with E-state index in [4.69, 9.17) is 17.3 Å². The van der Waals surface area contributed by atoms with Gasteiger partial charge >= 0.3 is 0 Å². The Hall–Kier alpha value is -2.34. The Morgan fingerprint density at radius 3 is 3.00 bits per heavy atom. The van der Waals surface area contributed by atoms with E-state index in [2.05, 4.69) is 20.4 Å². The predicted molar refractivity (Wildman–Crippen MR) is 74.7 cm³/mol. The highest BCUT2D eigenvalue weighted by Crippen LogP contribution is 2.27. The van der Waals surface area contributed by atoms with Gasteiger partial charge in [-0.3, -0.25) is 0 Å². The standard InChI is InChI=1S/C12H11ClN6/c1-7-4-11(19-12(17-7)15-6-16-19)18-10-5-8(14)2-3-9(10)13/h2-6,18H,14H2,1H3. The van der Waals surface area contributed by atoms with Crippen molar-refractivity contribution < 1.29 is 0 Å². The number of hydrogen-bond donors (Lipinski definition) is 2. The van der Waals surface area contributed by atoms with Crippen LogP contribution in [0.2, 0.25) is 5.02 Å². The van der Waals surface area contributed by atoms with Crippen LogP contribution in [0.5, 0.6) is 0 Å². The van der Waals surface area contributed by atoms with Crippen molar-refractivity contribution in [3.8, 4) is 0 Å². The zero-order valence-electron chi connectivity index (χ0n) is 10.1. The molecular formula is C12H11ClN6. The van der Waals surface area contributed by atoms with E-state index in [1.54, 1.807) is 22.7 Å². The summed E-state index contributed by atoms with van der Waals surface area (Å²) in [4.78, 5) is 8.33. The number of rotatable bonds is 2. The summed E-state index contributed by atoms with van der Waals surface area (Å²) in [6.45, 7) is 1.89. The Labute approximate surface area is 114 Å². The summed E-state index contributed by atoms with van der Waals surface area (Å²) in [5.41, 5.74) is 7.94. The highest BCUT2D eigenvalue weighted by molar-refractivity contribution is 6.33. The number of hydrogen-bond acceptors (Lipinski definition) is 5. The van der Waals surface area contributed by atoms with Crippen LogP contribution < -0.4 is 11.1 Å². The van der Waals surface area contributed by atoms with Crippen molar-refractivity contribution in [1.82, 2.24) is 19.6 Å². The molecule has 3 aromatic rings. The molecule has 0 fully saturated rings.